The molecular formula is C15H13BrN6O4. The Labute approximate surface area is 155 Å². The van der Waals surface area contributed by atoms with Gasteiger partial charge in [0.15, 0.2) is 6.73 Å². The van der Waals surface area contributed by atoms with Crippen LogP contribution in [0.5, 0.6) is 5.75 Å². The Hall–Kier alpha value is -3.21. The van der Waals surface area contributed by atoms with E-state index in [1.807, 2.05) is 24.3 Å². The van der Waals surface area contributed by atoms with Gasteiger partial charge in [-0.25, -0.2) is 4.68 Å². The molecule has 0 fully saturated rings. The molecule has 0 aliphatic heterocycles. The standard InChI is InChI=1S/C15H13BrN6O4/c16-11-1-3-14(4-2-11)26-10-21-7-12(5-17-21)19-15(23)9-20-8-13(6-18-20)22(24)25/h1-8H,9-10H2,(H,19,23). The van der Waals surface area contributed by atoms with Gasteiger partial charge in [0.25, 0.3) is 0 Å². The molecular weight excluding hydrogens is 408 g/mol. The molecule has 26 heavy (non-hydrogen) atoms. The van der Waals surface area contributed by atoms with Crippen LogP contribution in [-0.2, 0) is 18.1 Å². The highest BCUT2D eigenvalue weighted by atomic mass is 79.9. The van der Waals surface area contributed by atoms with E-state index in [2.05, 4.69) is 31.4 Å². The number of halogens is 1. The molecule has 0 saturated carbocycles. The summed E-state index contributed by atoms with van der Waals surface area (Å²) in [6.07, 6.45) is 5.37. The lowest BCUT2D eigenvalue weighted by molar-refractivity contribution is -0.385. The highest BCUT2D eigenvalue weighted by Gasteiger charge is 2.12. The average Bonchev–Trinajstić information content (AvgIpc) is 3.24. The smallest absolute Gasteiger partial charge is 0.307 e. The van der Waals surface area contributed by atoms with Gasteiger partial charge in [0, 0.05) is 4.47 Å². The second-order valence-corrected chi connectivity index (χ2v) is 6.11. The van der Waals surface area contributed by atoms with Gasteiger partial charge in [0.1, 0.15) is 24.7 Å². The summed E-state index contributed by atoms with van der Waals surface area (Å²) in [5.74, 6) is 0.311. The maximum atomic E-state index is 12.0. The number of carbonyl (C=O) groups is 1. The number of hydrogen-bond acceptors (Lipinski definition) is 6. The first-order chi connectivity index (χ1) is 12.5. The van der Waals surface area contributed by atoms with E-state index in [9.17, 15) is 14.9 Å². The first-order valence-corrected chi connectivity index (χ1v) is 8.16. The van der Waals surface area contributed by atoms with Gasteiger partial charge in [0.2, 0.25) is 5.91 Å². The quantitative estimate of drug-likeness (QED) is 0.463. The van der Waals surface area contributed by atoms with Crippen molar-refractivity contribution in [3.63, 3.8) is 0 Å². The van der Waals surface area contributed by atoms with E-state index in [0.29, 0.717) is 11.4 Å². The fraction of sp³-hybridized carbons (Fsp3) is 0.133. The summed E-state index contributed by atoms with van der Waals surface area (Å²) in [6, 6.07) is 7.37. The van der Waals surface area contributed by atoms with Crippen LogP contribution in [0.3, 0.4) is 0 Å². The molecule has 1 aromatic carbocycles. The molecule has 1 amide bonds. The van der Waals surface area contributed by atoms with Gasteiger partial charge in [-0.15, -0.1) is 0 Å². The molecule has 3 aromatic rings. The number of ether oxygens (including phenoxy) is 1. The molecule has 0 saturated heterocycles. The van der Waals surface area contributed by atoms with Crippen molar-refractivity contribution in [3.05, 3.63) is 63.6 Å². The van der Waals surface area contributed by atoms with Gasteiger partial charge < -0.3 is 10.1 Å². The first-order valence-electron chi connectivity index (χ1n) is 7.37. The lowest BCUT2D eigenvalue weighted by atomic mass is 10.3. The van der Waals surface area contributed by atoms with E-state index in [4.69, 9.17) is 4.74 Å². The number of aromatic nitrogens is 4. The van der Waals surface area contributed by atoms with Crippen LogP contribution in [0.2, 0.25) is 0 Å². The maximum absolute atomic E-state index is 12.0. The van der Waals surface area contributed by atoms with Crippen LogP contribution in [0.1, 0.15) is 0 Å². The molecule has 2 aromatic heterocycles. The van der Waals surface area contributed by atoms with Crippen molar-refractivity contribution in [2.75, 3.05) is 5.32 Å². The molecule has 0 aliphatic rings. The van der Waals surface area contributed by atoms with Gasteiger partial charge in [-0.05, 0) is 24.3 Å². The van der Waals surface area contributed by atoms with Gasteiger partial charge >= 0.3 is 5.69 Å². The van der Waals surface area contributed by atoms with Crippen LogP contribution in [0.15, 0.2) is 53.5 Å². The largest absolute Gasteiger partial charge is 0.471 e. The number of anilines is 1. The number of nitrogens with zero attached hydrogens (tertiary/aromatic N) is 5. The molecule has 1 N–H and O–H groups in total. The van der Waals surface area contributed by atoms with Crippen LogP contribution in [0.25, 0.3) is 0 Å². The first kappa shape index (κ1) is 17.6. The minimum atomic E-state index is -0.573. The molecule has 11 heteroatoms. The van der Waals surface area contributed by atoms with Gasteiger partial charge in [0.05, 0.1) is 23.0 Å². The minimum absolute atomic E-state index is 0.144. The summed E-state index contributed by atoms with van der Waals surface area (Å²) in [4.78, 5) is 22.0. The summed E-state index contributed by atoms with van der Waals surface area (Å²) in [5.41, 5.74) is 0.312. The Morgan fingerprint density at radius 2 is 1.92 bits per heavy atom. The SMILES string of the molecule is O=C(Cn1cc([N+](=O)[O-])cn1)Nc1cnn(COc2ccc(Br)cc2)c1. The monoisotopic (exact) mass is 420 g/mol. The van der Waals surface area contributed by atoms with Crippen molar-refractivity contribution < 1.29 is 14.5 Å². The van der Waals surface area contributed by atoms with E-state index in [-0.39, 0.29) is 24.9 Å². The van der Waals surface area contributed by atoms with Crippen LogP contribution >= 0.6 is 15.9 Å². The maximum Gasteiger partial charge on any atom is 0.307 e. The summed E-state index contributed by atoms with van der Waals surface area (Å²) in [5, 5.41) is 21.1. The third-order valence-electron chi connectivity index (χ3n) is 3.23. The van der Waals surface area contributed by atoms with Crippen molar-refractivity contribution in [2.45, 2.75) is 13.3 Å². The summed E-state index contributed by atoms with van der Waals surface area (Å²) in [6.45, 7) is 0.0390. The lowest BCUT2D eigenvalue weighted by Crippen LogP contribution is -2.18. The Bertz CT molecular complexity index is 920. The highest BCUT2D eigenvalue weighted by molar-refractivity contribution is 9.10. The molecule has 0 bridgehead atoms. The number of hydrogen-bond donors (Lipinski definition) is 1. The van der Waals surface area contributed by atoms with E-state index in [1.165, 1.54) is 21.8 Å². The molecule has 0 spiro atoms. The number of nitrogens with one attached hydrogen (secondary N) is 1. The zero-order chi connectivity index (χ0) is 18.5. The van der Waals surface area contributed by atoms with Gasteiger partial charge in [-0.1, -0.05) is 15.9 Å². The highest BCUT2D eigenvalue weighted by Crippen LogP contribution is 2.16. The molecule has 0 radical (unpaired) electrons. The number of nitro groups is 1. The normalized spacial score (nSPS) is 10.5. The zero-order valence-electron chi connectivity index (χ0n) is 13.3. The molecule has 10 nitrogen and oxygen atoms in total. The third-order valence-corrected chi connectivity index (χ3v) is 3.76. The fourth-order valence-electron chi connectivity index (χ4n) is 2.05. The Morgan fingerprint density at radius 3 is 2.62 bits per heavy atom. The number of rotatable bonds is 7. The van der Waals surface area contributed by atoms with Crippen LogP contribution in [0.4, 0.5) is 11.4 Å². The summed E-state index contributed by atoms with van der Waals surface area (Å²) in [7, 11) is 0. The van der Waals surface area contributed by atoms with Crippen LogP contribution in [0, 0.1) is 10.1 Å². The number of amides is 1. The predicted molar refractivity (Wildman–Crippen MR) is 94.5 cm³/mol. The predicted octanol–water partition coefficient (Wildman–Crippen LogP) is 2.43. The molecule has 3 rings (SSSR count). The number of benzene rings is 1. The fourth-order valence-corrected chi connectivity index (χ4v) is 2.32. The summed E-state index contributed by atoms with van der Waals surface area (Å²) < 4.78 is 9.24. The minimum Gasteiger partial charge on any atom is -0.471 e. The van der Waals surface area contributed by atoms with Crippen LogP contribution in [-0.4, -0.2) is 30.4 Å². The Morgan fingerprint density at radius 1 is 1.19 bits per heavy atom. The van der Waals surface area contributed by atoms with Crippen molar-refractivity contribution >= 4 is 33.2 Å². The molecule has 2 heterocycles. The Kier molecular flexibility index (Phi) is 5.27. The van der Waals surface area contributed by atoms with Crippen molar-refractivity contribution in [2.24, 2.45) is 0 Å². The third kappa shape index (κ3) is 4.66. The summed E-state index contributed by atoms with van der Waals surface area (Å²) >= 11 is 3.35. The molecule has 134 valence electrons. The number of carbonyl (C=O) groups excluding carboxylic acids is 1. The lowest BCUT2D eigenvalue weighted by Gasteiger charge is -2.06. The van der Waals surface area contributed by atoms with Gasteiger partial charge in [-0.2, -0.15) is 10.2 Å². The molecule has 0 atom stereocenters. The van der Waals surface area contributed by atoms with E-state index >= 15 is 0 Å². The van der Waals surface area contributed by atoms with E-state index in [0.717, 1.165) is 10.7 Å². The second kappa shape index (κ2) is 7.78. The zero-order valence-corrected chi connectivity index (χ0v) is 14.9. The average molecular weight is 421 g/mol. The van der Waals surface area contributed by atoms with Crippen molar-refractivity contribution in [1.82, 2.24) is 19.6 Å². The van der Waals surface area contributed by atoms with Crippen LogP contribution < -0.4 is 10.1 Å². The molecule has 0 unspecified atom stereocenters. The van der Waals surface area contributed by atoms with Crippen molar-refractivity contribution in [1.29, 1.82) is 0 Å². The van der Waals surface area contributed by atoms with E-state index < -0.39 is 4.92 Å². The van der Waals surface area contributed by atoms with E-state index in [1.54, 1.807) is 6.20 Å². The Balaban J connectivity index is 1.51. The second-order valence-electron chi connectivity index (χ2n) is 5.20. The van der Waals surface area contributed by atoms with Gasteiger partial charge in [-0.3, -0.25) is 19.6 Å². The van der Waals surface area contributed by atoms with Crippen molar-refractivity contribution in [3.8, 4) is 5.75 Å². The molecule has 0 aliphatic carbocycles. The topological polar surface area (TPSA) is 117 Å².